The van der Waals surface area contributed by atoms with E-state index in [1.54, 1.807) is 19.1 Å². The molecule has 0 saturated heterocycles. The summed E-state index contributed by atoms with van der Waals surface area (Å²) in [5.74, 6) is -1.28. The first-order chi connectivity index (χ1) is 15.7. The predicted octanol–water partition coefficient (Wildman–Crippen LogP) is 3.41. The van der Waals surface area contributed by atoms with Crippen molar-refractivity contribution in [3.05, 3.63) is 89.2 Å². The standard InChI is InChI=1S/C23H22FN3O5S/c1-3-32-19-10-12-20(13-11-19)33(30,31)27-18-8-6-16(7-9-18)22(28)25-26-23(29)17-5-4-15(2)21(24)14-17/h4-14,27H,3H2,1-2H3,(H,25,28)(H,26,29). The Balaban J connectivity index is 1.60. The van der Waals surface area contributed by atoms with Gasteiger partial charge in [0.25, 0.3) is 21.8 Å². The highest BCUT2D eigenvalue weighted by Crippen LogP contribution is 2.20. The number of halogens is 1. The van der Waals surface area contributed by atoms with Gasteiger partial charge in [0, 0.05) is 16.8 Å². The SMILES string of the molecule is CCOc1ccc(S(=O)(=O)Nc2ccc(C(=O)NNC(=O)c3ccc(C)c(F)c3)cc2)cc1. The third kappa shape index (κ3) is 6.07. The Kier molecular flexibility index (Phi) is 7.29. The van der Waals surface area contributed by atoms with Crippen molar-refractivity contribution in [2.24, 2.45) is 0 Å². The minimum absolute atomic E-state index is 0.0532. The summed E-state index contributed by atoms with van der Waals surface area (Å²) in [7, 11) is -3.83. The zero-order valence-electron chi connectivity index (χ0n) is 17.9. The van der Waals surface area contributed by atoms with Gasteiger partial charge in [-0.25, -0.2) is 12.8 Å². The summed E-state index contributed by atoms with van der Waals surface area (Å²) in [5, 5.41) is 0. The quantitative estimate of drug-likeness (QED) is 0.457. The lowest BCUT2D eigenvalue weighted by Crippen LogP contribution is -2.41. The molecule has 0 saturated carbocycles. The molecule has 33 heavy (non-hydrogen) atoms. The number of benzene rings is 3. The van der Waals surface area contributed by atoms with Gasteiger partial charge in [-0.15, -0.1) is 0 Å². The van der Waals surface area contributed by atoms with Crippen molar-refractivity contribution in [2.75, 3.05) is 11.3 Å². The molecule has 0 bridgehead atoms. The van der Waals surface area contributed by atoms with E-state index in [1.165, 1.54) is 48.5 Å². The van der Waals surface area contributed by atoms with Crippen LogP contribution in [0.25, 0.3) is 0 Å². The van der Waals surface area contributed by atoms with Crippen LogP contribution in [0.2, 0.25) is 0 Å². The van der Waals surface area contributed by atoms with Crippen molar-refractivity contribution < 1.29 is 27.1 Å². The fourth-order valence-electron chi connectivity index (χ4n) is 2.78. The molecule has 2 amide bonds. The second-order valence-corrected chi connectivity index (χ2v) is 8.64. The molecule has 3 rings (SSSR count). The number of sulfonamides is 1. The second-order valence-electron chi connectivity index (χ2n) is 6.96. The lowest BCUT2D eigenvalue weighted by molar-refractivity contribution is 0.0846. The monoisotopic (exact) mass is 471 g/mol. The molecule has 3 aromatic carbocycles. The first-order valence-corrected chi connectivity index (χ1v) is 11.4. The molecule has 0 radical (unpaired) electrons. The van der Waals surface area contributed by atoms with Gasteiger partial charge in [-0.2, -0.15) is 0 Å². The summed E-state index contributed by atoms with van der Waals surface area (Å²) in [6, 6.07) is 15.6. The Labute approximate surface area is 190 Å². The van der Waals surface area contributed by atoms with Crippen molar-refractivity contribution in [3.63, 3.8) is 0 Å². The van der Waals surface area contributed by atoms with Gasteiger partial charge in [0.2, 0.25) is 0 Å². The summed E-state index contributed by atoms with van der Waals surface area (Å²) in [6.45, 7) is 3.87. The van der Waals surface area contributed by atoms with Crippen LogP contribution < -0.4 is 20.3 Å². The maximum Gasteiger partial charge on any atom is 0.269 e. The molecule has 10 heteroatoms. The van der Waals surface area contributed by atoms with Crippen molar-refractivity contribution in [3.8, 4) is 5.75 Å². The van der Waals surface area contributed by atoms with Gasteiger partial charge < -0.3 is 4.74 Å². The molecule has 0 aliphatic rings. The molecule has 0 spiro atoms. The molecule has 0 fully saturated rings. The van der Waals surface area contributed by atoms with Crippen LogP contribution in [-0.2, 0) is 10.0 Å². The molecule has 0 aromatic heterocycles. The number of aryl methyl sites for hydroxylation is 1. The molecule has 0 aliphatic heterocycles. The Morgan fingerprint density at radius 2 is 1.45 bits per heavy atom. The smallest absolute Gasteiger partial charge is 0.269 e. The summed E-state index contributed by atoms with van der Waals surface area (Å²) >= 11 is 0. The van der Waals surface area contributed by atoms with Gasteiger partial charge in [-0.1, -0.05) is 6.07 Å². The molecule has 0 aliphatic carbocycles. The number of amides is 2. The zero-order valence-corrected chi connectivity index (χ0v) is 18.7. The van der Waals surface area contributed by atoms with Gasteiger partial charge in [0.1, 0.15) is 11.6 Å². The van der Waals surface area contributed by atoms with Crippen LogP contribution in [0.5, 0.6) is 5.75 Å². The van der Waals surface area contributed by atoms with Gasteiger partial charge >= 0.3 is 0 Å². The van der Waals surface area contributed by atoms with E-state index in [1.807, 2.05) is 6.92 Å². The zero-order chi connectivity index (χ0) is 24.0. The topological polar surface area (TPSA) is 114 Å². The van der Waals surface area contributed by atoms with Crippen molar-refractivity contribution in [1.29, 1.82) is 0 Å². The minimum atomic E-state index is -3.83. The number of hydrogen-bond donors (Lipinski definition) is 3. The minimum Gasteiger partial charge on any atom is -0.494 e. The van der Waals surface area contributed by atoms with E-state index in [9.17, 15) is 22.4 Å². The molecule has 3 N–H and O–H groups in total. The van der Waals surface area contributed by atoms with Crippen LogP contribution in [0.1, 0.15) is 33.2 Å². The first-order valence-electron chi connectivity index (χ1n) is 9.92. The summed E-state index contributed by atoms with van der Waals surface area (Å²) < 4.78 is 46.4. The van der Waals surface area contributed by atoms with Gasteiger partial charge in [-0.3, -0.25) is 25.2 Å². The van der Waals surface area contributed by atoms with Crippen LogP contribution in [0.4, 0.5) is 10.1 Å². The molecule has 8 nitrogen and oxygen atoms in total. The third-order valence-electron chi connectivity index (χ3n) is 4.57. The fraction of sp³-hybridized carbons (Fsp3) is 0.130. The molecular weight excluding hydrogens is 449 g/mol. The summed E-state index contributed by atoms with van der Waals surface area (Å²) in [5.41, 5.74) is 5.31. The van der Waals surface area contributed by atoms with Crippen molar-refractivity contribution in [2.45, 2.75) is 18.7 Å². The number of anilines is 1. The average molecular weight is 472 g/mol. The average Bonchev–Trinajstić information content (AvgIpc) is 2.80. The van der Waals surface area contributed by atoms with E-state index in [0.717, 1.165) is 6.07 Å². The number of carbonyl (C=O) groups excluding carboxylic acids is 2. The van der Waals surface area contributed by atoms with E-state index in [4.69, 9.17) is 4.74 Å². The Morgan fingerprint density at radius 1 is 0.879 bits per heavy atom. The van der Waals surface area contributed by atoms with Crippen LogP contribution in [-0.4, -0.2) is 26.8 Å². The number of carbonyl (C=O) groups is 2. The van der Waals surface area contributed by atoms with Crippen molar-refractivity contribution in [1.82, 2.24) is 10.9 Å². The van der Waals surface area contributed by atoms with Crippen LogP contribution >= 0.6 is 0 Å². The molecule has 0 heterocycles. The highest BCUT2D eigenvalue weighted by atomic mass is 32.2. The molecular formula is C23H22FN3O5S. The highest BCUT2D eigenvalue weighted by molar-refractivity contribution is 7.92. The number of hydrazine groups is 1. The molecule has 0 unspecified atom stereocenters. The Bertz CT molecular complexity index is 1260. The van der Waals surface area contributed by atoms with Gasteiger partial charge in [0.15, 0.2) is 0 Å². The molecule has 3 aromatic rings. The Morgan fingerprint density at radius 3 is 2.03 bits per heavy atom. The van der Waals surface area contributed by atoms with Crippen LogP contribution in [0.15, 0.2) is 71.6 Å². The largest absolute Gasteiger partial charge is 0.494 e. The molecule has 0 atom stereocenters. The predicted molar refractivity (Wildman–Crippen MR) is 121 cm³/mol. The lowest BCUT2D eigenvalue weighted by Gasteiger charge is -2.11. The van der Waals surface area contributed by atoms with E-state index in [-0.39, 0.29) is 21.7 Å². The Hall–Kier alpha value is -3.92. The normalized spacial score (nSPS) is 10.9. The van der Waals surface area contributed by atoms with E-state index in [2.05, 4.69) is 15.6 Å². The van der Waals surface area contributed by atoms with E-state index >= 15 is 0 Å². The number of hydrogen-bond acceptors (Lipinski definition) is 5. The maximum atomic E-state index is 13.6. The number of rotatable bonds is 7. The van der Waals surface area contributed by atoms with E-state index < -0.39 is 27.7 Å². The van der Waals surface area contributed by atoms with Crippen LogP contribution in [0, 0.1) is 12.7 Å². The second kappa shape index (κ2) is 10.1. The first kappa shape index (κ1) is 23.7. The lowest BCUT2D eigenvalue weighted by atomic mass is 10.1. The van der Waals surface area contributed by atoms with Gasteiger partial charge in [-0.05, 0) is 80.1 Å². The van der Waals surface area contributed by atoms with Crippen LogP contribution in [0.3, 0.4) is 0 Å². The fourth-order valence-corrected chi connectivity index (χ4v) is 3.84. The third-order valence-corrected chi connectivity index (χ3v) is 5.97. The number of nitrogens with one attached hydrogen (secondary N) is 3. The number of ether oxygens (including phenoxy) is 1. The maximum absolute atomic E-state index is 13.6. The van der Waals surface area contributed by atoms with Gasteiger partial charge in [0.05, 0.1) is 11.5 Å². The summed E-state index contributed by atoms with van der Waals surface area (Å²) in [6.07, 6.45) is 0. The summed E-state index contributed by atoms with van der Waals surface area (Å²) in [4.78, 5) is 24.4. The highest BCUT2D eigenvalue weighted by Gasteiger charge is 2.15. The van der Waals surface area contributed by atoms with Crippen molar-refractivity contribution >= 4 is 27.5 Å². The van der Waals surface area contributed by atoms with E-state index in [0.29, 0.717) is 17.9 Å². The molecule has 172 valence electrons.